The van der Waals surface area contributed by atoms with Gasteiger partial charge in [0.25, 0.3) is 0 Å². The first-order valence-corrected chi connectivity index (χ1v) is 7.05. The van der Waals surface area contributed by atoms with Crippen molar-refractivity contribution in [2.45, 2.75) is 26.8 Å². The number of aromatic nitrogens is 1. The van der Waals surface area contributed by atoms with Gasteiger partial charge in [-0.25, -0.2) is 0 Å². The summed E-state index contributed by atoms with van der Waals surface area (Å²) in [7, 11) is 0. The topological polar surface area (TPSA) is 3.88 Å². The fourth-order valence-electron chi connectivity index (χ4n) is 2.63. The van der Waals surface area contributed by atoms with Crippen molar-refractivity contribution in [3.05, 3.63) is 54.7 Å². The Hall–Kier alpha value is -1.16. The van der Waals surface area contributed by atoms with E-state index in [-0.39, 0.29) is 24.0 Å². The van der Waals surface area contributed by atoms with Crippen LogP contribution in [0.5, 0.6) is 0 Å². The van der Waals surface area contributed by atoms with Gasteiger partial charge in [-0.3, -0.25) is 0 Å². The molecule has 0 atom stereocenters. The van der Waals surface area contributed by atoms with E-state index in [0.29, 0.717) is 0 Å². The molecule has 20 heavy (non-hydrogen) atoms. The largest absolute Gasteiger partial charge is 1.00 e. The van der Waals surface area contributed by atoms with Gasteiger partial charge in [-0.05, 0) is 28.8 Å². The smallest absolute Gasteiger partial charge is 0.213 e. The molecule has 0 aliphatic rings. The minimum absolute atomic E-state index is 0. The molecule has 0 amide bonds. The van der Waals surface area contributed by atoms with Crippen molar-refractivity contribution >= 4 is 21.7 Å². The third-order valence-corrected chi connectivity index (χ3v) is 3.73. The van der Waals surface area contributed by atoms with Gasteiger partial charge in [-0.1, -0.05) is 38.1 Å². The van der Waals surface area contributed by atoms with Gasteiger partial charge in [0.2, 0.25) is 5.52 Å². The van der Waals surface area contributed by atoms with Gasteiger partial charge in [0.05, 0.1) is 5.39 Å². The summed E-state index contributed by atoms with van der Waals surface area (Å²) in [5.41, 5.74) is 1.34. The summed E-state index contributed by atoms with van der Waals surface area (Å²) in [6.45, 7) is 5.65. The fraction of sp³-hybridized carbons (Fsp3) is 0.278. The van der Waals surface area contributed by atoms with Crippen LogP contribution in [0.15, 0.2) is 54.7 Å². The Morgan fingerprint density at radius 3 is 2.45 bits per heavy atom. The Morgan fingerprint density at radius 1 is 0.900 bits per heavy atom. The molecule has 2 aromatic carbocycles. The maximum atomic E-state index is 2.38. The van der Waals surface area contributed by atoms with E-state index in [1.807, 2.05) is 0 Å². The molecule has 0 aliphatic carbocycles. The third kappa shape index (κ3) is 2.95. The van der Waals surface area contributed by atoms with Crippen LogP contribution in [0, 0.1) is 5.92 Å². The number of hydrogen-bond acceptors (Lipinski definition) is 0. The molecular formula is C18H20IN. The van der Waals surface area contributed by atoms with Crippen LogP contribution in [0.3, 0.4) is 0 Å². The maximum absolute atomic E-state index is 2.38. The molecular weight excluding hydrogens is 357 g/mol. The highest BCUT2D eigenvalue weighted by molar-refractivity contribution is 6.04. The molecule has 104 valence electrons. The van der Waals surface area contributed by atoms with Crippen LogP contribution in [0.1, 0.15) is 20.3 Å². The first-order valence-electron chi connectivity index (χ1n) is 7.05. The van der Waals surface area contributed by atoms with Gasteiger partial charge in [0.15, 0.2) is 6.20 Å². The standard InChI is InChI=1S/C18H20N.HI/c1-14(2)11-13-19-12-5-8-17-16-7-4-3-6-15(16)9-10-18(17)19;/h3-10,12,14H,11,13H2,1-2H3;1H/q+1;/p-1. The lowest BCUT2D eigenvalue weighted by molar-refractivity contribution is -0.672. The summed E-state index contributed by atoms with van der Waals surface area (Å²) in [6.07, 6.45) is 3.41. The van der Waals surface area contributed by atoms with E-state index in [4.69, 9.17) is 0 Å². The number of aryl methyl sites for hydroxylation is 1. The molecule has 3 aromatic rings. The second-order valence-electron chi connectivity index (χ2n) is 5.60. The first-order chi connectivity index (χ1) is 9.25. The lowest BCUT2D eigenvalue weighted by Crippen LogP contribution is -3.00. The molecule has 0 saturated heterocycles. The monoisotopic (exact) mass is 377 g/mol. The number of pyridine rings is 1. The van der Waals surface area contributed by atoms with Gasteiger partial charge in [0.1, 0.15) is 6.54 Å². The van der Waals surface area contributed by atoms with Crippen LogP contribution < -0.4 is 28.5 Å². The number of halogens is 1. The molecule has 1 heterocycles. The van der Waals surface area contributed by atoms with E-state index in [9.17, 15) is 0 Å². The average molecular weight is 377 g/mol. The number of fused-ring (bicyclic) bond motifs is 3. The molecule has 3 rings (SSSR count). The molecule has 0 saturated carbocycles. The molecule has 0 spiro atoms. The molecule has 1 aromatic heterocycles. The van der Waals surface area contributed by atoms with E-state index in [0.717, 1.165) is 12.5 Å². The Morgan fingerprint density at radius 2 is 1.65 bits per heavy atom. The van der Waals surface area contributed by atoms with Crippen molar-refractivity contribution in [2.24, 2.45) is 5.92 Å². The lowest BCUT2D eigenvalue weighted by atomic mass is 10.0. The van der Waals surface area contributed by atoms with Gasteiger partial charge < -0.3 is 24.0 Å². The van der Waals surface area contributed by atoms with Crippen molar-refractivity contribution in [3.63, 3.8) is 0 Å². The number of rotatable bonds is 3. The summed E-state index contributed by atoms with van der Waals surface area (Å²) >= 11 is 0. The maximum Gasteiger partial charge on any atom is 0.213 e. The third-order valence-electron chi connectivity index (χ3n) is 3.73. The minimum atomic E-state index is 0. The van der Waals surface area contributed by atoms with Crippen LogP contribution in [0.25, 0.3) is 21.7 Å². The zero-order chi connectivity index (χ0) is 13.2. The van der Waals surface area contributed by atoms with E-state index in [1.54, 1.807) is 0 Å². The SMILES string of the molecule is CC(C)CC[n+]1cccc2c3ccccc3ccc21.[I-]. The van der Waals surface area contributed by atoms with E-state index >= 15 is 0 Å². The van der Waals surface area contributed by atoms with Crippen molar-refractivity contribution in [1.82, 2.24) is 0 Å². The van der Waals surface area contributed by atoms with E-state index in [2.05, 4.69) is 73.1 Å². The Balaban J connectivity index is 0.00000147. The highest BCUT2D eigenvalue weighted by atomic mass is 127. The number of nitrogens with zero attached hydrogens (tertiary/aromatic N) is 1. The average Bonchev–Trinajstić information content (AvgIpc) is 2.44. The quantitative estimate of drug-likeness (QED) is 0.369. The molecule has 0 radical (unpaired) electrons. The highest BCUT2D eigenvalue weighted by Crippen LogP contribution is 2.22. The van der Waals surface area contributed by atoms with Crippen molar-refractivity contribution in [2.75, 3.05) is 0 Å². The molecule has 0 N–H and O–H groups in total. The Kier molecular flexibility index (Phi) is 4.97. The van der Waals surface area contributed by atoms with E-state index < -0.39 is 0 Å². The first kappa shape index (κ1) is 15.2. The second-order valence-corrected chi connectivity index (χ2v) is 5.60. The van der Waals surface area contributed by atoms with Crippen LogP contribution in [0.2, 0.25) is 0 Å². The van der Waals surface area contributed by atoms with Gasteiger partial charge in [-0.2, -0.15) is 4.57 Å². The normalized spacial score (nSPS) is 10.9. The molecule has 0 aliphatic heterocycles. The summed E-state index contributed by atoms with van der Waals surface area (Å²) in [5, 5.41) is 4.01. The molecule has 2 heteroatoms. The molecule has 0 bridgehead atoms. The minimum Gasteiger partial charge on any atom is -1.00 e. The molecule has 0 fully saturated rings. The summed E-state index contributed by atoms with van der Waals surface area (Å²) in [5.74, 6) is 0.739. The summed E-state index contributed by atoms with van der Waals surface area (Å²) in [4.78, 5) is 0. The van der Waals surface area contributed by atoms with Gasteiger partial charge in [0, 0.05) is 18.6 Å². The number of hydrogen-bond donors (Lipinski definition) is 0. The Labute approximate surface area is 137 Å². The molecule has 0 unspecified atom stereocenters. The van der Waals surface area contributed by atoms with Crippen LogP contribution in [-0.2, 0) is 6.54 Å². The second kappa shape index (κ2) is 6.53. The van der Waals surface area contributed by atoms with Crippen LogP contribution in [0.4, 0.5) is 0 Å². The lowest BCUT2D eigenvalue weighted by Gasteiger charge is -2.06. The zero-order valence-electron chi connectivity index (χ0n) is 12.0. The zero-order valence-corrected chi connectivity index (χ0v) is 14.2. The van der Waals surface area contributed by atoms with E-state index in [1.165, 1.54) is 28.1 Å². The summed E-state index contributed by atoms with van der Waals surface area (Å²) < 4.78 is 2.38. The van der Waals surface area contributed by atoms with Gasteiger partial charge in [-0.15, -0.1) is 0 Å². The van der Waals surface area contributed by atoms with Crippen LogP contribution >= 0.6 is 0 Å². The van der Waals surface area contributed by atoms with Crippen LogP contribution in [-0.4, -0.2) is 0 Å². The predicted octanol–water partition coefficient (Wildman–Crippen LogP) is 1.33. The highest BCUT2D eigenvalue weighted by Gasteiger charge is 2.10. The predicted molar refractivity (Wildman–Crippen MR) is 81.1 cm³/mol. The van der Waals surface area contributed by atoms with Gasteiger partial charge >= 0.3 is 0 Å². The van der Waals surface area contributed by atoms with Crippen molar-refractivity contribution in [3.8, 4) is 0 Å². The molecule has 1 nitrogen and oxygen atoms in total. The van der Waals surface area contributed by atoms with Crippen molar-refractivity contribution in [1.29, 1.82) is 0 Å². The fourth-order valence-corrected chi connectivity index (χ4v) is 2.63. The Bertz CT molecular complexity index is 719. The summed E-state index contributed by atoms with van der Waals surface area (Å²) in [6, 6.07) is 17.5. The van der Waals surface area contributed by atoms with Crippen molar-refractivity contribution < 1.29 is 28.5 Å². The number of benzene rings is 2.